The van der Waals surface area contributed by atoms with Gasteiger partial charge < -0.3 is 20.9 Å². The van der Waals surface area contributed by atoms with E-state index in [0.717, 1.165) is 54.4 Å². The summed E-state index contributed by atoms with van der Waals surface area (Å²) in [6, 6.07) is 14.0. The van der Waals surface area contributed by atoms with Crippen molar-refractivity contribution in [2.24, 2.45) is 28.2 Å². The highest BCUT2D eigenvalue weighted by Crippen LogP contribution is 2.61. The smallest absolute Gasteiger partial charge is 0.224 e. The summed E-state index contributed by atoms with van der Waals surface area (Å²) in [4.78, 5) is 20.3. The van der Waals surface area contributed by atoms with Crippen LogP contribution in [0.1, 0.15) is 52.5 Å². The van der Waals surface area contributed by atoms with Crippen LogP contribution in [0, 0.1) is 23.2 Å². The van der Waals surface area contributed by atoms with Crippen LogP contribution >= 0.6 is 23.2 Å². The van der Waals surface area contributed by atoms with Crippen molar-refractivity contribution in [2.45, 2.75) is 65.5 Å². The number of guanidine groups is 1. The number of carbonyl (C=O) groups is 1. The first kappa shape index (κ1) is 28.3. The lowest BCUT2D eigenvalue weighted by Crippen LogP contribution is -2.57. The van der Waals surface area contributed by atoms with Gasteiger partial charge >= 0.3 is 0 Å². The predicted molar refractivity (Wildman–Crippen MR) is 163 cm³/mol. The third kappa shape index (κ3) is 6.39. The standard InChI is InChI=1S/C31H41Cl2N5O/c1-19-18-38(14-13-34-19)30(37-28-16-22-15-26(20(28)2)31(22,3)4)36-25-10-8-24(9-11-25)35-29(39)12-6-21-5-7-23(32)17-27(21)33/h5,7-11,17,19-20,22,26,28,34H,6,12-16,18H2,1-4H3,(H,35,39)(H,36,37)/t19-,20-,22+,26+,28-/m0/s1. The van der Waals surface area contributed by atoms with Crippen molar-refractivity contribution in [3.05, 3.63) is 58.1 Å². The number of nitrogens with zero attached hydrogens (tertiary/aromatic N) is 2. The zero-order chi connectivity index (χ0) is 27.7. The molecule has 3 N–H and O–H groups in total. The zero-order valence-corrected chi connectivity index (χ0v) is 24.9. The Morgan fingerprint density at radius 3 is 2.44 bits per heavy atom. The Morgan fingerprint density at radius 2 is 1.79 bits per heavy atom. The van der Waals surface area contributed by atoms with Crippen LogP contribution in [-0.4, -0.2) is 48.5 Å². The lowest BCUT2D eigenvalue weighted by molar-refractivity contribution is -0.116. The quantitative estimate of drug-likeness (QED) is 0.267. The van der Waals surface area contributed by atoms with E-state index in [2.05, 4.69) is 48.5 Å². The summed E-state index contributed by atoms with van der Waals surface area (Å²) >= 11 is 12.2. The molecule has 0 radical (unpaired) electrons. The van der Waals surface area contributed by atoms with E-state index < -0.39 is 0 Å². The molecule has 2 aromatic rings. The molecule has 2 aromatic carbocycles. The number of piperazine rings is 1. The second kappa shape index (κ2) is 11.7. The average molecular weight is 571 g/mol. The van der Waals surface area contributed by atoms with E-state index in [1.54, 1.807) is 12.1 Å². The molecule has 4 fully saturated rings. The van der Waals surface area contributed by atoms with Crippen molar-refractivity contribution in [3.8, 4) is 0 Å². The molecule has 1 saturated heterocycles. The fourth-order valence-corrected chi connectivity index (χ4v) is 7.23. The number of fused-ring (bicyclic) bond motifs is 2. The number of carbonyl (C=O) groups excluding carboxylic acids is 1. The van der Waals surface area contributed by atoms with Crippen molar-refractivity contribution in [2.75, 3.05) is 30.3 Å². The summed E-state index contributed by atoms with van der Waals surface area (Å²) in [6.07, 6.45) is 3.43. The fourth-order valence-electron chi connectivity index (χ4n) is 6.73. The minimum absolute atomic E-state index is 0.0495. The zero-order valence-electron chi connectivity index (χ0n) is 23.4. The monoisotopic (exact) mass is 569 g/mol. The topological polar surface area (TPSA) is 68.8 Å². The van der Waals surface area contributed by atoms with Crippen molar-refractivity contribution < 1.29 is 4.79 Å². The minimum atomic E-state index is -0.0495. The molecule has 8 heteroatoms. The van der Waals surface area contributed by atoms with E-state index in [1.165, 1.54) is 12.8 Å². The van der Waals surface area contributed by atoms with Crippen LogP contribution in [-0.2, 0) is 11.2 Å². The Morgan fingerprint density at radius 1 is 1.08 bits per heavy atom. The van der Waals surface area contributed by atoms with Gasteiger partial charge in [0, 0.05) is 53.5 Å². The molecule has 6 nitrogen and oxygen atoms in total. The molecule has 4 aliphatic rings. The summed E-state index contributed by atoms with van der Waals surface area (Å²) in [7, 11) is 0. The molecule has 0 spiro atoms. The molecule has 39 heavy (non-hydrogen) atoms. The first-order valence-electron chi connectivity index (χ1n) is 14.3. The molecule has 1 aliphatic heterocycles. The molecule has 5 atom stereocenters. The second-order valence-electron chi connectivity index (χ2n) is 12.3. The number of aliphatic imine (C=N–C) groups is 1. The number of aryl methyl sites for hydroxylation is 1. The van der Waals surface area contributed by atoms with Gasteiger partial charge in [0.2, 0.25) is 5.91 Å². The first-order valence-corrected chi connectivity index (χ1v) is 15.0. The number of anilines is 2. The van der Waals surface area contributed by atoms with Crippen molar-refractivity contribution >= 4 is 46.4 Å². The summed E-state index contributed by atoms with van der Waals surface area (Å²) in [5, 5.41) is 11.4. The summed E-state index contributed by atoms with van der Waals surface area (Å²) < 4.78 is 0. The van der Waals surface area contributed by atoms with Crippen LogP contribution < -0.4 is 16.0 Å². The molecule has 0 aromatic heterocycles. The molecule has 3 aliphatic carbocycles. The van der Waals surface area contributed by atoms with Crippen molar-refractivity contribution in [1.29, 1.82) is 0 Å². The van der Waals surface area contributed by atoms with Gasteiger partial charge in [0.25, 0.3) is 0 Å². The molecule has 2 bridgehead atoms. The molecule has 6 rings (SSSR count). The van der Waals surface area contributed by atoms with Crippen LogP contribution in [0.5, 0.6) is 0 Å². The lowest BCUT2D eigenvalue weighted by atomic mass is 9.45. The Kier molecular flexibility index (Phi) is 8.46. The molecule has 1 amide bonds. The molecule has 0 unspecified atom stereocenters. The van der Waals surface area contributed by atoms with E-state index in [-0.39, 0.29) is 5.91 Å². The van der Waals surface area contributed by atoms with Gasteiger partial charge in [-0.15, -0.1) is 0 Å². The Balaban J connectivity index is 1.23. The highest BCUT2D eigenvalue weighted by Gasteiger charge is 2.56. The van der Waals surface area contributed by atoms with Crippen LogP contribution in [0.15, 0.2) is 47.5 Å². The lowest BCUT2D eigenvalue weighted by Gasteiger charge is -2.61. The second-order valence-corrected chi connectivity index (χ2v) is 13.1. The number of benzene rings is 2. The predicted octanol–water partition coefficient (Wildman–Crippen LogP) is 6.70. The van der Waals surface area contributed by atoms with Crippen molar-refractivity contribution in [1.82, 2.24) is 10.2 Å². The van der Waals surface area contributed by atoms with Gasteiger partial charge in [-0.2, -0.15) is 0 Å². The van der Waals surface area contributed by atoms with Crippen LogP contribution in [0.4, 0.5) is 11.4 Å². The third-order valence-corrected chi connectivity index (χ3v) is 9.92. The number of nitrogens with one attached hydrogen (secondary N) is 3. The van der Waals surface area contributed by atoms with Crippen molar-refractivity contribution in [3.63, 3.8) is 0 Å². The Labute approximate surface area is 242 Å². The van der Waals surface area contributed by atoms with Gasteiger partial charge in [0.05, 0.1) is 6.04 Å². The van der Waals surface area contributed by atoms with Crippen LogP contribution in [0.25, 0.3) is 0 Å². The molecule has 210 valence electrons. The maximum Gasteiger partial charge on any atom is 0.224 e. The maximum absolute atomic E-state index is 12.6. The largest absolute Gasteiger partial charge is 0.340 e. The number of hydrogen-bond donors (Lipinski definition) is 3. The minimum Gasteiger partial charge on any atom is -0.340 e. The summed E-state index contributed by atoms with van der Waals surface area (Å²) in [5.41, 5.74) is 3.10. The molecular weight excluding hydrogens is 529 g/mol. The van der Waals surface area contributed by atoms with Gasteiger partial charge in [0.1, 0.15) is 0 Å². The summed E-state index contributed by atoms with van der Waals surface area (Å²) in [6.45, 7) is 12.3. The number of amides is 1. The molecular formula is C31H41Cl2N5O. The Hall–Kier alpha value is -2.28. The first-order chi connectivity index (χ1) is 18.6. The van der Waals surface area contributed by atoms with E-state index >= 15 is 0 Å². The normalized spacial score (nSPS) is 28.0. The average Bonchev–Trinajstić information content (AvgIpc) is 2.89. The molecule has 1 heterocycles. The highest BCUT2D eigenvalue weighted by atomic mass is 35.5. The van der Waals surface area contributed by atoms with E-state index in [0.29, 0.717) is 46.3 Å². The van der Waals surface area contributed by atoms with Gasteiger partial charge in [-0.25, -0.2) is 4.99 Å². The number of halogens is 2. The number of hydrogen-bond acceptors (Lipinski definition) is 3. The Bertz CT molecular complexity index is 1210. The molecule has 3 saturated carbocycles. The van der Waals surface area contributed by atoms with Gasteiger partial charge in [-0.05, 0) is 91.3 Å². The van der Waals surface area contributed by atoms with Gasteiger partial charge in [-0.3, -0.25) is 4.79 Å². The van der Waals surface area contributed by atoms with Gasteiger partial charge in [-0.1, -0.05) is 50.0 Å². The van der Waals surface area contributed by atoms with Gasteiger partial charge in [0.15, 0.2) is 5.96 Å². The van der Waals surface area contributed by atoms with E-state index in [9.17, 15) is 4.79 Å². The summed E-state index contributed by atoms with van der Waals surface area (Å²) in [5.74, 6) is 3.03. The maximum atomic E-state index is 12.6. The van der Waals surface area contributed by atoms with Crippen LogP contribution in [0.3, 0.4) is 0 Å². The highest BCUT2D eigenvalue weighted by molar-refractivity contribution is 6.35. The third-order valence-electron chi connectivity index (χ3n) is 9.33. The SMILES string of the molecule is C[C@@H]1[C@@H](N=C(Nc2ccc(NC(=O)CCc3ccc(Cl)cc3Cl)cc2)N2CCN[C@@H](C)C2)C[C@H]2C[C@H]1C2(C)C. The van der Waals surface area contributed by atoms with Crippen LogP contribution in [0.2, 0.25) is 10.0 Å². The van der Waals surface area contributed by atoms with E-state index in [4.69, 9.17) is 28.2 Å². The van der Waals surface area contributed by atoms with E-state index in [1.807, 2.05) is 30.3 Å². The fraction of sp³-hybridized carbons (Fsp3) is 0.548. The number of rotatable bonds is 6.